The van der Waals surface area contributed by atoms with E-state index in [0.717, 1.165) is 0 Å². The van der Waals surface area contributed by atoms with Crippen LogP contribution in [0.2, 0.25) is 0 Å². The van der Waals surface area contributed by atoms with E-state index < -0.39 is 17.6 Å². The van der Waals surface area contributed by atoms with Crippen LogP contribution in [0.15, 0.2) is 0 Å². The van der Waals surface area contributed by atoms with E-state index in [-0.39, 0.29) is 12.3 Å². The SMILES string of the molecule is C[C@H](NC(=O)CCC(C)(C)N)C(=O)O. The number of hydrogen-bond acceptors (Lipinski definition) is 3. The molecule has 5 nitrogen and oxygen atoms in total. The lowest BCUT2D eigenvalue weighted by atomic mass is 10.00. The fourth-order valence-corrected chi connectivity index (χ4v) is 0.811. The lowest BCUT2D eigenvalue weighted by molar-refractivity contribution is -0.141. The summed E-state index contributed by atoms with van der Waals surface area (Å²) in [4.78, 5) is 21.6. The lowest BCUT2D eigenvalue weighted by Crippen LogP contribution is -2.40. The highest BCUT2D eigenvalue weighted by molar-refractivity contribution is 5.83. The predicted octanol–water partition coefficient (Wildman–Crippen LogP) is 0.0932. The van der Waals surface area contributed by atoms with Gasteiger partial charge in [0.05, 0.1) is 0 Å². The van der Waals surface area contributed by atoms with Gasteiger partial charge in [-0.3, -0.25) is 9.59 Å². The first kappa shape index (κ1) is 12.9. The summed E-state index contributed by atoms with van der Waals surface area (Å²) in [6.07, 6.45) is 0.784. The van der Waals surface area contributed by atoms with Crippen LogP contribution >= 0.6 is 0 Å². The van der Waals surface area contributed by atoms with Crippen LogP contribution < -0.4 is 11.1 Å². The van der Waals surface area contributed by atoms with E-state index in [0.29, 0.717) is 6.42 Å². The Bertz CT molecular complexity index is 221. The second-order valence-corrected chi connectivity index (χ2v) is 4.12. The average Bonchev–Trinajstić information content (AvgIpc) is 1.99. The second-order valence-electron chi connectivity index (χ2n) is 4.12. The van der Waals surface area contributed by atoms with Crippen LogP contribution in [0.4, 0.5) is 0 Å². The van der Waals surface area contributed by atoms with Gasteiger partial charge in [0.25, 0.3) is 0 Å². The van der Waals surface area contributed by atoms with E-state index in [9.17, 15) is 9.59 Å². The summed E-state index contributed by atoms with van der Waals surface area (Å²) in [5.41, 5.74) is 5.28. The first-order valence-electron chi connectivity index (χ1n) is 4.53. The molecule has 4 N–H and O–H groups in total. The molecule has 0 spiro atoms. The van der Waals surface area contributed by atoms with Gasteiger partial charge < -0.3 is 16.2 Å². The van der Waals surface area contributed by atoms with E-state index in [1.54, 1.807) is 0 Å². The first-order chi connectivity index (χ1) is 6.22. The smallest absolute Gasteiger partial charge is 0.325 e. The van der Waals surface area contributed by atoms with Crippen LogP contribution in [0.5, 0.6) is 0 Å². The molecule has 0 fully saturated rings. The summed E-state index contributed by atoms with van der Waals surface area (Å²) in [6.45, 7) is 5.07. The third kappa shape index (κ3) is 6.42. The molecule has 0 aromatic rings. The zero-order chi connectivity index (χ0) is 11.4. The largest absolute Gasteiger partial charge is 0.480 e. The molecule has 0 heterocycles. The number of amides is 1. The molecule has 0 aliphatic carbocycles. The van der Waals surface area contributed by atoms with Crippen molar-refractivity contribution in [2.45, 2.75) is 45.2 Å². The van der Waals surface area contributed by atoms with Crippen molar-refractivity contribution in [2.75, 3.05) is 0 Å². The van der Waals surface area contributed by atoms with Crippen LogP contribution in [-0.2, 0) is 9.59 Å². The number of nitrogens with two attached hydrogens (primary N) is 1. The maximum Gasteiger partial charge on any atom is 0.325 e. The van der Waals surface area contributed by atoms with Gasteiger partial charge in [0.15, 0.2) is 0 Å². The Morgan fingerprint density at radius 3 is 2.36 bits per heavy atom. The Kier molecular flexibility index (Phi) is 4.56. The molecule has 0 aliphatic rings. The lowest BCUT2D eigenvalue weighted by Gasteiger charge is -2.18. The molecule has 1 amide bonds. The van der Waals surface area contributed by atoms with Gasteiger partial charge in [-0.05, 0) is 27.2 Å². The highest BCUT2D eigenvalue weighted by Gasteiger charge is 2.16. The average molecular weight is 202 g/mol. The highest BCUT2D eigenvalue weighted by atomic mass is 16.4. The van der Waals surface area contributed by atoms with Crippen LogP contribution in [-0.4, -0.2) is 28.6 Å². The molecular formula is C9H18N2O3. The fourth-order valence-electron chi connectivity index (χ4n) is 0.811. The van der Waals surface area contributed by atoms with Crippen LogP contribution in [0.1, 0.15) is 33.6 Å². The quantitative estimate of drug-likeness (QED) is 0.589. The Morgan fingerprint density at radius 2 is 2.00 bits per heavy atom. The number of aliphatic carboxylic acids is 1. The van der Waals surface area contributed by atoms with Gasteiger partial charge in [-0.1, -0.05) is 0 Å². The number of hydrogen-bond donors (Lipinski definition) is 3. The van der Waals surface area contributed by atoms with Crippen LogP contribution in [0, 0.1) is 0 Å². The molecule has 1 atom stereocenters. The fraction of sp³-hybridized carbons (Fsp3) is 0.778. The van der Waals surface area contributed by atoms with E-state index in [4.69, 9.17) is 10.8 Å². The van der Waals surface area contributed by atoms with E-state index in [1.165, 1.54) is 6.92 Å². The van der Waals surface area contributed by atoms with Crippen LogP contribution in [0.25, 0.3) is 0 Å². The minimum Gasteiger partial charge on any atom is -0.480 e. The summed E-state index contributed by atoms with van der Waals surface area (Å²) in [5, 5.41) is 10.9. The maximum atomic E-state index is 11.2. The number of carbonyl (C=O) groups excluding carboxylic acids is 1. The van der Waals surface area contributed by atoms with Crippen LogP contribution in [0.3, 0.4) is 0 Å². The molecule has 5 heteroatoms. The van der Waals surface area contributed by atoms with Crippen molar-refractivity contribution in [3.63, 3.8) is 0 Å². The summed E-state index contributed by atoms with van der Waals surface area (Å²) in [5.74, 6) is -1.32. The number of carboxylic acids is 1. The Hall–Kier alpha value is -1.10. The van der Waals surface area contributed by atoms with Gasteiger partial charge in [-0.25, -0.2) is 0 Å². The molecule has 0 aromatic heterocycles. The molecule has 0 aliphatic heterocycles. The van der Waals surface area contributed by atoms with E-state index in [1.807, 2.05) is 13.8 Å². The molecule has 14 heavy (non-hydrogen) atoms. The van der Waals surface area contributed by atoms with Gasteiger partial charge in [0.2, 0.25) is 5.91 Å². The summed E-state index contributed by atoms with van der Waals surface area (Å²) < 4.78 is 0. The molecule has 82 valence electrons. The monoisotopic (exact) mass is 202 g/mol. The summed E-state index contributed by atoms with van der Waals surface area (Å²) in [6, 6.07) is -0.844. The minimum atomic E-state index is -1.04. The van der Waals surface area contributed by atoms with Crippen molar-refractivity contribution in [2.24, 2.45) is 5.73 Å². The summed E-state index contributed by atoms with van der Waals surface area (Å²) >= 11 is 0. The second kappa shape index (κ2) is 4.95. The van der Waals surface area contributed by atoms with Crippen molar-refractivity contribution in [3.05, 3.63) is 0 Å². The van der Waals surface area contributed by atoms with E-state index in [2.05, 4.69) is 5.32 Å². The van der Waals surface area contributed by atoms with Crippen molar-refractivity contribution in [3.8, 4) is 0 Å². The van der Waals surface area contributed by atoms with Gasteiger partial charge >= 0.3 is 5.97 Å². The molecule has 0 radical (unpaired) electrons. The normalized spacial score (nSPS) is 13.4. The van der Waals surface area contributed by atoms with Crippen molar-refractivity contribution >= 4 is 11.9 Å². The zero-order valence-corrected chi connectivity index (χ0v) is 8.83. The number of carbonyl (C=O) groups is 2. The molecule has 0 saturated heterocycles. The Labute approximate surface area is 83.7 Å². The summed E-state index contributed by atoms with van der Waals surface area (Å²) in [7, 11) is 0. The van der Waals surface area contributed by atoms with Crippen molar-refractivity contribution in [1.82, 2.24) is 5.32 Å². The number of nitrogens with one attached hydrogen (secondary N) is 1. The van der Waals surface area contributed by atoms with Gasteiger partial charge in [-0.15, -0.1) is 0 Å². The van der Waals surface area contributed by atoms with Crippen molar-refractivity contribution in [1.29, 1.82) is 0 Å². The molecule has 0 unspecified atom stereocenters. The number of rotatable bonds is 5. The Morgan fingerprint density at radius 1 is 1.50 bits per heavy atom. The topological polar surface area (TPSA) is 92.4 Å². The molecule has 0 saturated carbocycles. The Balaban J connectivity index is 3.83. The first-order valence-corrected chi connectivity index (χ1v) is 4.53. The van der Waals surface area contributed by atoms with Gasteiger partial charge in [0.1, 0.15) is 6.04 Å². The third-order valence-corrected chi connectivity index (χ3v) is 1.74. The van der Waals surface area contributed by atoms with Crippen molar-refractivity contribution < 1.29 is 14.7 Å². The van der Waals surface area contributed by atoms with Gasteiger partial charge in [0, 0.05) is 12.0 Å². The molecule has 0 bridgehead atoms. The molecule has 0 aromatic carbocycles. The number of carboxylic acid groups (broad SMARTS) is 1. The third-order valence-electron chi connectivity index (χ3n) is 1.74. The molecule has 0 rings (SSSR count). The van der Waals surface area contributed by atoms with Gasteiger partial charge in [-0.2, -0.15) is 0 Å². The van der Waals surface area contributed by atoms with E-state index >= 15 is 0 Å². The zero-order valence-electron chi connectivity index (χ0n) is 8.83. The highest BCUT2D eigenvalue weighted by Crippen LogP contribution is 2.06. The molecular weight excluding hydrogens is 184 g/mol. The standard InChI is InChI=1S/C9H18N2O3/c1-6(8(13)14)11-7(12)4-5-9(2,3)10/h6H,4-5,10H2,1-3H3,(H,11,12)(H,13,14)/t6-/m0/s1. The predicted molar refractivity (Wildman–Crippen MR) is 52.7 cm³/mol. The minimum absolute atomic E-state index is 0.251. The maximum absolute atomic E-state index is 11.2.